The first-order chi connectivity index (χ1) is 11.7. The van der Waals surface area contributed by atoms with E-state index >= 15 is 0 Å². The van der Waals surface area contributed by atoms with Crippen LogP contribution in [0, 0.1) is 13.8 Å². The second-order valence-electron chi connectivity index (χ2n) is 6.04. The number of halogens is 1. The van der Waals surface area contributed by atoms with Gasteiger partial charge < -0.3 is 24.6 Å². The lowest BCUT2D eigenvalue weighted by Gasteiger charge is -2.13. The van der Waals surface area contributed by atoms with E-state index in [-0.39, 0.29) is 24.0 Å². The first-order valence-electron chi connectivity index (χ1n) is 8.76. The third kappa shape index (κ3) is 7.91. The average Bonchev–Trinajstić information content (AvgIpc) is 3.20. The summed E-state index contributed by atoms with van der Waals surface area (Å²) in [6.07, 6.45) is 4.39. The van der Waals surface area contributed by atoms with E-state index in [1.165, 1.54) is 5.56 Å². The summed E-state index contributed by atoms with van der Waals surface area (Å²) in [7, 11) is 1.78. The minimum Gasteiger partial charge on any atom is -0.379 e. The molecule has 7 nitrogen and oxygen atoms in total. The van der Waals surface area contributed by atoms with Gasteiger partial charge in [0.25, 0.3) is 0 Å². The van der Waals surface area contributed by atoms with Crippen LogP contribution in [0.5, 0.6) is 0 Å². The van der Waals surface area contributed by atoms with Crippen LogP contribution in [0.2, 0.25) is 0 Å². The van der Waals surface area contributed by atoms with Crippen LogP contribution in [0.4, 0.5) is 0 Å². The highest BCUT2D eigenvalue weighted by atomic mass is 127. The predicted molar refractivity (Wildman–Crippen MR) is 109 cm³/mol. The summed E-state index contributed by atoms with van der Waals surface area (Å²) in [5.41, 5.74) is 2.13. The summed E-state index contributed by atoms with van der Waals surface area (Å²) in [5, 5.41) is 10.6. The molecule has 2 rings (SSSR count). The summed E-state index contributed by atoms with van der Waals surface area (Å²) in [5.74, 6) is 1.70. The topological polar surface area (TPSA) is 80.9 Å². The number of aryl methyl sites for hydroxylation is 2. The summed E-state index contributed by atoms with van der Waals surface area (Å²) in [6, 6.07) is 0. The number of aliphatic imine (C=N–C) groups is 1. The maximum Gasteiger partial charge on any atom is 0.190 e. The van der Waals surface area contributed by atoms with Crippen LogP contribution in [0.3, 0.4) is 0 Å². The van der Waals surface area contributed by atoms with E-state index in [1.807, 2.05) is 13.8 Å². The van der Waals surface area contributed by atoms with Crippen LogP contribution >= 0.6 is 24.0 Å². The van der Waals surface area contributed by atoms with Crippen molar-refractivity contribution in [1.82, 2.24) is 15.8 Å². The van der Waals surface area contributed by atoms with Gasteiger partial charge >= 0.3 is 0 Å². The van der Waals surface area contributed by atoms with Crippen molar-refractivity contribution in [3.63, 3.8) is 0 Å². The minimum absolute atomic E-state index is 0. The van der Waals surface area contributed by atoms with E-state index < -0.39 is 0 Å². The highest BCUT2D eigenvalue weighted by Crippen LogP contribution is 2.12. The lowest BCUT2D eigenvalue weighted by Crippen LogP contribution is -2.39. The molecule has 1 saturated heterocycles. The van der Waals surface area contributed by atoms with Crippen molar-refractivity contribution in [2.24, 2.45) is 4.99 Å². The number of aromatic nitrogens is 1. The number of hydrogen-bond acceptors (Lipinski definition) is 5. The van der Waals surface area contributed by atoms with Crippen molar-refractivity contribution in [3.05, 3.63) is 17.0 Å². The molecule has 0 spiro atoms. The Hall–Kier alpha value is -0.870. The van der Waals surface area contributed by atoms with Crippen LogP contribution in [0.1, 0.15) is 36.3 Å². The first kappa shape index (κ1) is 22.2. The number of rotatable bonds is 9. The normalized spacial score (nSPS) is 17.4. The minimum atomic E-state index is 0. The molecule has 2 heterocycles. The molecule has 2 N–H and O–H groups in total. The van der Waals surface area contributed by atoms with Crippen molar-refractivity contribution >= 4 is 29.9 Å². The molecule has 1 aliphatic rings. The van der Waals surface area contributed by atoms with E-state index in [4.69, 9.17) is 14.0 Å². The molecule has 0 aromatic carbocycles. The first-order valence-corrected chi connectivity index (χ1v) is 8.76. The predicted octanol–water partition coefficient (Wildman–Crippen LogP) is 2.20. The van der Waals surface area contributed by atoms with Crippen molar-refractivity contribution in [2.45, 2.75) is 45.6 Å². The summed E-state index contributed by atoms with van der Waals surface area (Å²) >= 11 is 0. The molecule has 1 aliphatic heterocycles. The van der Waals surface area contributed by atoms with Gasteiger partial charge in [0.15, 0.2) is 5.96 Å². The molecule has 144 valence electrons. The van der Waals surface area contributed by atoms with Gasteiger partial charge in [-0.2, -0.15) is 0 Å². The van der Waals surface area contributed by atoms with E-state index in [1.54, 1.807) is 7.05 Å². The summed E-state index contributed by atoms with van der Waals surface area (Å²) < 4.78 is 16.3. The highest BCUT2D eigenvalue weighted by Gasteiger charge is 2.14. The second-order valence-corrected chi connectivity index (χ2v) is 6.04. The maximum atomic E-state index is 5.65. The van der Waals surface area contributed by atoms with Gasteiger partial charge in [-0.1, -0.05) is 5.16 Å². The van der Waals surface area contributed by atoms with Gasteiger partial charge in [0, 0.05) is 38.9 Å². The summed E-state index contributed by atoms with van der Waals surface area (Å²) in [6.45, 7) is 7.86. The molecule has 1 aromatic rings. The zero-order valence-corrected chi connectivity index (χ0v) is 17.8. The average molecular weight is 466 g/mol. The molecule has 1 fully saturated rings. The zero-order chi connectivity index (χ0) is 17.2. The molecular weight excluding hydrogens is 435 g/mol. The lowest BCUT2D eigenvalue weighted by atomic mass is 10.1. The Morgan fingerprint density at radius 1 is 1.32 bits per heavy atom. The number of hydrogen-bond donors (Lipinski definition) is 2. The maximum absolute atomic E-state index is 5.65. The largest absolute Gasteiger partial charge is 0.379 e. The third-order valence-corrected chi connectivity index (χ3v) is 4.16. The van der Waals surface area contributed by atoms with Gasteiger partial charge in [-0.05, 0) is 39.5 Å². The van der Waals surface area contributed by atoms with Gasteiger partial charge in [0.1, 0.15) is 5.76 Å². The van der Waals surface area contributed by atoms with Crippen LogP contribution in [0.25, 0.3) is 0 Å². The molecule has 0 bridgehead atoms. The molecule has 0 radical (unpaired) electrons. The molecule has 1 atom stereocenters. The number of nitrogens with one attached hydrogen (secondary N) is 2. The van der Waals surface area contributed by atoms with Gasteiger partial charge in [-0.15, -0.1) is 24.0 Å². The third-order valence-electron chi connectivity index (χ3n) is 4.16. The van der Waals surface area contributed by atoms with E-state index in [9.17, 15) is 0 Å². The SMILES string of the molecule is CN=C(NCCCOCC1CCCO1)NCCc1c(C)noc1C.I. The van der Waals surface area contributed by atoms with Crippen molar-refractivity contribution < 1.29 is 14.0 Å². The van der Waals surface area contributed by atoms with E-state index in [0.717, 1.165) is 69.4 Å². The van der Waals surface area contributed by atoms with Crippen molar-refractivity contribution in [2.75, 3.05) is 40.0 Å². The molecule has 8 heteroatoms. The Labute approximate surface area is 167 Å². The fourth-order valence-corrected chi connectivity index (χ4v) is 2.76. The Morgan fingerprint density at radius 2 is 2.12 bits per heavy atom. The van der Waals surface area contributed by atoms with E-state index in [0.29, 0.717) is 12.7 Å². The van der Waals surface area contributed by atoms with E-state index in [2.05, 4.69) is 20.8 Å². The lowest BCUT2D eigenvalue weighted by molar-refractivity contribution is 0.0168. The van der Waals surface area contributed by atoms with Crippen LogP contribution in [0.15, 0.2) is 9.52 Å². The standard InChI is InChI=1S/C17H30N4O3.HI/c1-13-16(14(2)24-21-13)7-9-20-17(18-3)19-8-5-10-22-12-15-6-4-11-23-15;/h15H,4-12H2,1-3H3,(H2,18,19,20);1H. The fraction of sp³-hybridized carbons (Fsp3) is 0.765. The molecule has 0 amide bonds. The van der Waals surface area contributed by atoms with Gasteiger partial charge in [0.05, 0.1) is 18.4 Å². The quantitative estimate of drug-likeness (QED) is 0.252. The van der Waals surface area contributed by atoms with Gasteiger partial charge in [-0.25, -0.2) is 0 Å². The van der Waals surface area contributed by atoms with Crippen LogP contribution in [-0.4, -0.2) is 57.2 Å². The van der Waals surface area contributed by atoms with Crippen LogP contribution in [-0.2, 0) is 15.9 Å². The molecule has 1 aromatic heterocycles. The molecule has 0 aliphatic carbocycles. The van der Waals surface area contributed by atoms with Gasteiger partial charge in [-0.3, -0.25) is 4.99 Å². The fourth-order valence-electron chi connectivity index (χ4n) is 2.76. The van der Waals surface area contributed by atoms with Crippen molar-refractivity contribution in [3.8, 4) is 0 Å². The Balaban J connectivity index is 0.00000312. The number of ether oxygens (including phenoxy) is 2. The Kier molecular flexibility index (Phi) is 11.1. The smallest absolute Gasteiger partial charge is 0.190 e. The number of nitrogens with zero attached hydrogens (tertiary/aromatic N) is 2. The van der Waals surface area contributed by atoms with Crippen LogP contribution < -0.4 is 10.6 Å². The summed E-state index contributed by atoms with van der Waals surface area (Å²) in [4.78, 5) is 4.23. The Morgan fingerprint density at radius 3 is 2.76 bits per heavy atom. The molecule has 1 unspecified atom stereocenters. The van der Waals surface area contributed by atoms with Crippen molar-refractivity contribution in [1.29, 1.82) is 0 Å². The molecular formula is C17H31IN4O3. The molecule has 25 heavy (non-hydrogen) atoms. The second kappa shape index (κ2) is 12.5. The molecule has 0 saturated carbocycles. The zero-order valence-electron chi connectivity index (χ0n) is 15.5. The monoisotopic (exact) mass is 466 g/mol. The van der Waals surface area contributed by atoms with Gasteiger partial charge in [0.2, 0.25) is 0 Å². The highest BCUT2D eigenvalue weighted by molar-refractivity contribution is 14.0. The Bertz CT molecular complexity index is 496. The number of guanidine groups is 1.